The van der Waals surface area contributed by atoms with Gasteiger partial charge >= 0.3 is 5.97 Å². The second-order valence-corrected chi connectivity index (χ2v) is 4.29. The molecule has 1 fully saturated rings. The molecule has 86 valence electrons. The van der Waals surface area contributed by atoms with Crippen molar-refractivity contribution in [1.82, 2.24) is 0 Å². The van der Waals surface area contributed by atoms with Crippen LogP contribution in [-0.2, 0) is 9.53 Å². The first kappa shape index (κ1) is 12.3. The van der Waals surface area contributed by atoms with E-state index in [0.717, 1.165) is 12.8 Å². The number of carbonyl (C=O) groups excluding carboxylic acids is 1. The first-order chi connectivity index (χ1) is 7.25. The van der Waals surface area contributed by atoms with Gasteiger partial charge in [0.2, 0.25) is 0 Å². The summed E-state index contributed by atoms with van der Waals surface area (Å²) in [5.41, 5.74) is 0.693. The monoisotopic (exact) mass is 210 g/mol. The maximum atomic E-state index is 11.5. The predicted octanol–water partition coefficient (Wildman–Crippen LogP) is 3.47. The van der Waals surface area contributed by atoms with Gasteiger partial charge in [-0.15, -0.1) is 0 Å². The minimum absolute atomic E-state index is 0.192. The van der Waals surface area contributed by atoms with Gasteiger partial charge in [-0.1, -0.05) is 38.7 Å². The fourth-order valence-electron chi connectivity index (χ4n) is 2.20. The van der Waals surface area contributed by atoms with Crippen LogP contribution in [0.3, 0.4) is 0 Å². The maximum absolute atomic E-state index is 11.5. The van der Waals surface area contributed by atoms with Crippen molar-refractivity contribution >= 4 is 5.97 Å². The first-order valence-corrected chi connectivity index (χ1v) is 6.11. The number of esters is 1. The van der Waals surface area contributed by atoms with Gasteiger partial charge in [-0.25, -0.2) is 4.79 Å². The molecule has 0 aromatic rings. The topological polar surface area (TPSA) is 26.3 Å². The number of hydrogen-bond donors (Lipinski definition) is 0. The summed E-state index contributed by atoms with van der Waals surface area (Å²) in [7, 11) is 0. The van der Waals surface area contributed by atoms with Crippen LogP contribution in [0.2, 0.25) is 0 Å². The Bertz CT molecular complexity index is 213. The summed E-state index contributed by atoms with van der Waals surface area (Å²) in [5, 5.41) is 0. The van der Waals surface area contributed by atoms with E-state index in [-0.39, 0.29) is 5.97 Å². The second-order valence-electron chi connectivity index (χ2n) is 4.29. The lowest BCUT2D eigenvalue weighted by atomic mass is 9.86. The van der Waals surface area contributed by atoms with Gasteiger partial charge in [0.15, 0.2) is 0 Å². The highest BCUT2D eigenvalue weighted by molar-refractivity contribution is 5.88. The fraction of sp³-hybridized carbons (Fsp3) is 0.769. The standard InChI is InChI=1S/C13H22O2/c1-3-15-13(14)11(2)12-9-7-5-4-6-8-10-12/h12H,2-10H2,1H3. The van der Waals surface area contributed by atoms with Crippen molar-refractivity contribution in [3.05, 3.63) is 12.2 Å². The van der Waals surface area contributed by atoms with Gasteiger partial charge < -0.3 is 4.74 Å². The van der Waals surface area contributed by atoms with Crippen LogP contribution < -0.4 is 0 Å². The molecule has 0 aromatic heterocycles. The van der Waals surface area contributed by atoms with E-state index in [2.05, 4.69) is 6.58 Å². The Morgan fingerprint density at radius 2 is 1.73 bits per heavy atom. The third-order valence-corrected chi connectivity index (χ3v) is 3.14. The summed E-state index contributed by atoms with van der Waals surface area (Å²) in [5.74, 6) is 0.174. The zero-order chi connectivity index (χ0) is 11.1. The van der Waals surface area contributed by atoms with E-state index in [9.17, 15) is 4.79 Å². The molecule has 0 saturated heterocycles. The summed E-state index contributed by atoms with van der Waals surface area (Å²) in [6.45, 7) is 6.18. The number of rotatable bonds is 3. The van der Waals surface area contributed by atoms with Gasteiger partial charge in [-0.3, -0.25) is 0 Å². The Hall–Kier alpha value is -0.790. The molecule has 0 spiro atoms. The number of carbonyl (C=O) groups is 1. The molecule has 0 aromatic carbocycles. The summed E-state index contributed by atoms with van der Waals surface area (Å²) in [6.07, 6.45) is 8.61. The summed E-state index contributed by atoms with van der Waals surface area (Å²) in [6, 6.07) is 0. The Balaban J connectivity index is 2.44. The molecule has 0 amide bonds. The van der Waals surface area contributed by atoms with E-state index in [1.54, 1.807) is 0 Å². The van der Waals surface area contributed by atoms with Gasteiger partial charge in [0.25, 0.3) is 0 Å². The Morgan fingerprint density at radius 1 is 1.20 bits per heavy atom. The van der Waals surface area contributed by atoms with Crippen LogP contribution in [-0.4, -0.2) is 12.6 Å². The largest absolute Gasteiger partial charge is 0.463 e. The molecular formula is C13H22O2. The molecule has 0 radical (unpaired) electrons. The van der Waals surface area contributed by atoms with Gasteiger partial charge in [-0.05, 0) is 25.7 Å². The van der Waals surface area contributed by atoms with Crippen molar-refractivity contribution < 1.29 is 9.53 Å². The molecule has 2 heteroatoms. The minimum atomic E-state index is -0.192. The summed E-state index contributed by atoms with van der Waals surface area (Å²) >= 11 is 0. The lowest BCUT2D eigenvalue weighted by Crippen LogP contribution is -2.16. The van der Waals surface area contributed by atoms with Gasteiger partial charge in [-0.2, -0.15) is 0 Å². The fourth-order valence-corrected chi connectivity index (χ4v) is 2.20. The van der Waals surface area contributed by atoms with Crippen LogP contribution in [0.5, 0.6) is 0 Å². The molecule has 1 saturated carbocycles. The van der Waals surface area contributed by atoms with Crippen molar-refractivity contribution in [2.45, 2.75) is 51.9 Å². The first-order valence-electron chi connectivity index (χ1n) is 6.11. The van der Waals surface area contributed by atoms with Crippen molar-refractivity contribution in [3.8, 4) is 0 Å². The van der Waals surface area contributed by atoms with E-state index < -0.39 is 0 Å². The molecule has 0 aliphatic heterocycles. The van der Waals surface area contributed by atoms with Crippen LogP contribution >= 0.6 is 0 Å². The van der Waals surface area contributed by atoms with E-state index in [1.807, 2.05) is 6.92 Å². The summed E-state index contributed by atoms with van der Waals surface area (Å²) in [4.78, 5) is 11.5. The van der Waals surface area contributed by atoms with E-state index >= 15 is 0 Å². The molecule has 0 N–H and O–H groups in total. The Labute approximate surface area is 92.7 Å². The highest BCUT2D eigenvalue weighted by atomic mass is 16.5. The normalized spacial score (nSPS) is 19.0. The highest BCUT2D eigenvalue weighted by Gasteiger charge is 2.20. The van der Waals surface area contributed by atoms with E-state index in [0.29, 0.717) is 18.1 Å². The summed E-state index contributed by atoms with van der Waals surface area (Å²) < 4.78 is 4.99. The van der Waals surface area contributed by atoms with Crippen molar-refractivity contribution in [1.29, 1.82) is 0 Å². The molecular weight excluding hydrogens is 188 g/mol. The Kier molecular flexibility index (Phi) is 5.44. The lowest BCUT2D eigenvalue weighted by Gasteiger charge is -2.20. The Morgan fingerprint density at radius 3 is 2.27 bits per heavy atom. The quantitative estimate of drug-likeness (QED) is 0.526. The van der Waals surface area contributed by atoms with Crippen LogP contribution in [0.15, 0.2) is 12.2 Å². The minimum Gasteiger partial charge on any atom is -0.463 e. The van der Waals surface area contributed by atoms with Crippen molar-refractivity contribution in [2.75, 3.05) is 6.61 Å². The van der Waals surface area contributed by atoms with Crippen LogP contribution in [0.1, 0.15) is 51.9 Å². The molecule has 1 rings (SSSR count). The molecule has 0 atom stereocenters. The molecule has 2 nitrogen and oxygen atoms in total. The van der Waals surface area contributed by atoms with Gasteiger partial charge in [0.1, 0.15) is 0 Å². The third kappa shape index (κ3) is 4.06. The average molecular weight is 210 g/mol. The highest BCUT2D eigenvalue weighted by Crippen LogP contribution is 2.27. The number of hydrogen-bond acceptors (Lipinski definition) is 2. The predicted molar refractivity (Wildman–Crippen MR) is 61.6 cm³/mol. The molecule has 1 aliphatic rings. The lowest BCUT2D eigenvalue weighted by molar-refractivity contribution is -0.139. The van der Waals surface area contributed by atoms with E-state index in [4.69, 9.17) is 4.74 Å². The second kappa shape index (κ2) is 6.65. The molecule has 0 heterocycles. The number of ether oxygens (including phenoxy) is 1. The zero-order valence-electron chi connectivity index (χ0n) is 9.76. The van der Waals surface area contributed by atoms with Gasteiger partial charge in [0, 0.05) is 5.57 Å². The molecule has 0 bridgehead atoms. The van der Waals surface area contributed by atoms with E-state index in [1.165, 1.54) is 32.1 Å². The molecule has 0 unspecified atom stereocenters. The smallest absolute Gasteiger partial charge is 0.333 e. The SMILES string of the molecule is C=C(C(=O)OCC)C1CCCCCCC1. The third-order valence-electron chi connectivity index (χ3n) is 3.14. The van der Waals surface area contributed by atoms with Crippen molar-refractivity contribution in [3.63, 3.8) is 0 Å². The van der Waals surface area contributed by atoms with Crippen molar-refractivity contribution in [2.24, 2.45) is 5.92 Å². The van der Waals surface area contributed by atoms with Crippen LogP contribution in [0.4, 0.5) is 0 Å². The van der Waals surface area contributed by atoms with Crippen LogP contribution in [0, 0.1) is 5.92 Å². The zero-order valence-corrected chi connectivity index (χ0v) is 9.76. The maximum Gasteiger partial charge on any atom is 0.333 e. The molecule has 15 heavy (non-hydrogen) atoms. The van der Waals surface area contributed by atoms with Gasteiger partial charge in [0.05, 0.1) is 6.61 Å². The molecule has 1 aliphatic carbocycles. The average Bonchev–Trinajstić information content (AvgIpc) is 2.16. The van der Waals surface area contributed by atoms with Crippen LogP contribution in [0.25, 0.3) is 0 Å².